The van der Waals surface area contributed by atoms with E-state index in [-0.39, 0.29) is 18.4 Å². The zero-order chi connectivity index (χ0) is 15.2. The number of amides is 1. The van der Waals surface area contributed by atoms with E-state index in [4.69, 9.17) is 10.8 Å². The van der Waals surface area contributed by atoms with Gasteiger partial charge in [-0.2, -0.15) is 0 Å². The van der Waals surface area contributed by atoms with Gasteiger partial charge in [-0.3, -0.25) is 9.59 Å². The van der Waals surface area contributed by atoms with E-state index < -0.39 is 5.97 Å². The van der Waals surface area contributed by atoms with Crippen molar-refractivity contribution in [2.24, 2.45) is 17.6 Å². The molecule has 8 heteroatoms. The molecule has 2 rings (SSSR count). The molecule has 1 aliphatic carbocycles. The van der Waals surface area contributed by atoms with Crippen LogP contribution in [0.3, 0.4) is 0 Å². The van der Waals surface area contributed by atoms with Gasteiger partial charge in [0.05, 0.1) is 17.8 Å². The summed E-state index contributed by atoms with van der Waals surface area (Å²) in [5.41, 5.74) is 6.07. The van der Waals surface area contributed by atoms with E-state index in [1.165, 1.54) is 4.68 Å². The predicted octanol–water partition coefficient (Wildman–Crippen LogP) is -0.256. The van der Waals surface area contributed by atoms with Crippen LogP contribution >= 0.6 is 0 Å². The third-order valence-electron chi connectivity index (χ3n) is 3.88. The van der Waals surface area contributed by atoms with E-state index in [0.29, 0.717) is 37.5 Å². The number of nitrogens with one attached hydrogen (secondary N) is 1. The van der Waals surface area contributed by atoms with Gasteiger partial charge in [0.25, 0.3) is 0 Å². The summed E-state index contributed by atoms with van der Waals surface area (Å²) >= 11 is 0. The molecule has 116 valence electrons. The summed E-state index contributed by atoms with van der Waals surface area (Å²) < 4.78 is 1.46. The average Bonchev–Trinajstić information content (AvgIpc) is 2.93. The molecule has 0 aromatic carbocycles. The van der Waals surface area contributed by atoms with Gasteiger partial charge in [-0.15, -0.1) is 5.10 Å². The lowest BCUT2D eigenvalue weighted by Crippen LogP contribution is -2.34. The summed E-state index contributed by atoms with van der Waals surface area (Å²) in [4.78, 5) is 22.7. The molecular formula is C13H21N5O3. The summed E-state index contributed by atoms with van der Waals surface area (Å²) in [6.07, 6.45) is 4.73. The van der Waals surface area contributed by atoms with Crippen LogP contribution in [0.25, 0.3) is 0 Å². The number of aliphatic carboxylic acids is 1. The molecule has 8 nitrogen and oxygen atoms in total. The van der Waals surface area contributed by atoms with Gasteiger partial charge in [0.1, 0.15) is 6.54 Å². The Morgan fingerprint density at radius 2 is 2.10 bits per heavy atom. The fourth-order valence-corrected chi connectivity index (χ4v) is 2.58. The van der Waals surface area contributed by atoms with Gasteiger partial charge in [0.15, 0.2) is 0 Å². The summed E-state index contributed by atoms with van der Waals surface area (Å²) in [5, 5.41) is 19.4. The normalized spacial score (nSPS) is 22.0. The third kappa shape index (κ3) is 4.52. The first-order chi connectivity index (χ1) is 10.1. The number of carboxylic acid groups (broad SMARTS) is 1. The Hall–Kier alpha value is -1.96. The van der Waals surface area contributed by atoms with Crippen molar-refractivity contribution in [2.45, 2.75) is 38.8 Å². The van der Waals surface area contributed by atoms with Crippen molar-refractivity contribution in [3.8, 4) is 0 Å². The number of aromatic nitrogens is 3. The molecule has 1 fully saturated rings. The van der Waals surface area contributed by atoms with Crippen LogP contribution in [-0.2, 0) is 22.7 Å². The third-order valence-corrected chi connectivity index (χ3v) is 3.88. The van der Waals surface area contributed by atoms with Gasteiger partial charge >= 0.3 is 5.97 Å². The molecule has 1 heterocycles. The molecule has 0 unspecified atom stereocenters. The topological polar surface area (TPSA) is 123 Å². The van der Waals surface area contributed by atoms with Crippen molar-refractivity contribution in [2.75, 3.05) is 6.54 Å². The highest BCUT2D eigenvalue weighted by molar-refractivity contribution is 5.75. The molecular weight excluding hydrogens is 274 g/mol. The van der Waals surface area contributed by atoms with Gasteiger partial charge in [-0.1, -0.05) is 5.21 Å². The SMILES string of the molecule is NCc1cn(CC(=O)NCC2CCC(C(=O)O)CC2)nn1. The first-order valence-corrected chi connectivity index (χ1v) is 7.17. The molecule has 4 N–H and O–H groups in total. The number of rotatable bonds is 6. The van der Waals surface area contributed by atoms with Crippen molar-refractivity contribution >= 4 is 11.9 Å². The minimum Gasteiger partial charge on any atom is -0.481 e. The summed E-state index contributed by atoms with van der Waals surface area (Å²) in [7, 11) is 0. The number of nitrogens with two attached hydrogens (primary N) is 1. The Balaban J connectivity index is 1.68. The number of carbonyl (C=O) groups is 2. The zero-order valence-electron chi connectivity index (χ0n) is 11.9. The Labute approximate surface area is 122 Å². The second-order valence-electron chi connectivity index (χ2n) is 5.47. The number of nitrogens with zero attached hydrogens (tertiary/aromatic N) is 3. The molecule has 0 bridgehead atoms. The fourth-order valence-electron chi connectivity index (χ4n) is 2.58. The number of carbonyl (C=O) groups excluding carboxylic acids is 1. The maximum absolute atomic E-state index is 11.8. The minimum absolute atomic E-state index is 0.121. The average molecular weight is 295 g/mol. The van der Waals surface area contributed by atoms with Crippen LogP contribution < -0.4 is 11.1 Å². The Morgan fingerprint density at radius 1 is 1.38 bits per heavy atom. The van der Waals surface area contributed by atoms with E-state index >= 15 is 0 Å². The van der Waals surface area contributed by atoms with Crippen molar-refractivity contribution in [3.05, 3.63) is 11.9 Å². The van der Waals surface area contributed by atoms with Crippen LogP contribution in [0, 0.1) is 11.8 Å². The number of hydrogen-bond donors (Lipinski definition) is 3. The number of hydrogen-bond acceptors (Lipinski definition) is 5. The Bertz CT molecular complexity index is 494. The molecule has 0 atom stereocenters. The highest BCUT2D eigenvalue weighted by atomic mass is 16.4. The second kappa shape index (κ2) is 7.16. The van der Waals surface area contributed by atoms with Gasteiger partial charge in [0, 0.05) is 13.1 Å². The maximum atomic E-state index is 11.8. The van der Waals surface area contributed by atoms with Crippen LogP contribution in [0.5, 0.6) is 0 Å². The first kappa shape index (κ1) is 15.4. The lowest BCUT2D eigenvalue weighted by atomic mass is 9.82. The number of carboxylic acids is 1. The summed E-state index contributed by atoms with van der Waals surface area (Å²) in [5.74, 6) is -0.690. The molecule has 0 radical (unpaired) electrons. The lowest BCUT2D eigenvalue weighted by Gasteiger charge is -2.26. The Kier molecular flexibility index (Phi) is 5.26. The van der Waals surface area contributed by atoms with Gasteiger partial charge in [-0.25, -0.2) is 4.68 Å². The van der Waals surface area contributed by atoms with Crippen LogP contribution in [0.15, 0.2) is 6.20 Å². The molecule has 1 amide bonds. The lowest BCUT2D eigenvalue weighted by molar-refractivity contribution is -0.143. The smallest absolute Gasteiger partial charge is 0.306 e. The minimum atomic E-state index is -0.709. The quantitative estimate of drug-likeness (QED) is 0.664. The second-order valence-corrected chi connectivity index (χ2v) is 5.47. The van der Waals surface area contributed by atoms with E-state index in [2.05, 4.69) is 15.6 Å². The Morgan fingerprint density at radius 3 is 2.67 bits per heavy atom. The van der Waals surface area contributed by atoms with Crippen LogP contribution in [0.2, 0.25) is 0 Å². The van der Waals surface area contributed by atoms with Crippen molar-refractivity contribution in [1.29, 1.82) is 0 Å². The van der Waals surface area contributed by atoms with E-state index in [9.17, 15) is 9.59 Å². The molecule has 1 aromatic rings. The fraction of sp³-hybridized carbons (Fsp3) is 0.692. The molecule has 1 saturated carbocycles. The van der Waals surface area contributed by atoms with Crippen LogP contribution in [-0.4, -0.2) is 38.5 Å². The van der Waals surface area contributed by atoms with Gasteiger partial charge < -0.3 is 16.2 Å². The van der Waals surface area contributed by atoms with Crippen LogP contribution in [0.4, 0.5) is 0 Å². The first-order valence-electron chi connectivity index (χ1n) is 7.17. The van der Waals surface area contributed by atoms with Gasteiger partial charge in [-0.05, 0) is 31.6 Å². The molecule has 0 aliphatic heterocycles. The summed E-state index contributed by atoms with van der Waals surface area (Å²) in [6, 6.07) is 0. The molecule has 0 spiro atoms. The summed E-state index contributed by atoms with van der Waals surface area (Å²) in [6.45, 7) is 1.01. The standard InChI is InChI=1S/C13H21N5O3/c14-5-11-7-18(17-16-11)8-12(19)15-6-9-1-3-10(4-2-9)13(20)21/h7,9-10H,1-6,8,14H2,(H,15,19)(H,20,21). The molecule has 21 heavy (non-hydrogen) atoms. The highest BCUT2D eigenvalue weighted by Gasteiger charge is 2.25. The highest BCUT2D eigenvalue weighted by Crippen LogP contribution is 2.28. The molecule has 0 saturated heterocycles. The van der Waals surface area contributed by atoms with Crippen molar-refractivity contribution < 1.29 is 14.7 Å². The van der Waals surface area contributed by atoms with E-state index in [1.54, 1.807) is 6.20 Å². The monoisotopic (exact) mass is 295 g/mol. The predicted molar refractivity (Wildman–Crippen MR) is 74.0 cm³/mol. The van der Waals surface area contributed by atoms with Crippen molar-refractivity contribution in [3.63, 3.8) is 0 Å². The molecule has 1 aliphatic rings. The van der Waals surface area contributed by atoms with Gasteiger partial charge in [0.2, 0.25) is 5.91 Å². The molecule has 1 aromatic heterocycles. The van der Waals surface area contributed by atoms with E-state index in [1.807, 2.05) is 0 Å². The van der Waals surface area contributed by atoms with Crippen LogP contribution in [0.1, 0.15) is 31.4 Å². The van der Waals surface area contributed by atoms with E-state index in [0.717, 1.165) is 12.8 Å². The zero-order valence-corrected chi connectivity index (χ0v) is 11.9. The maximum Gasteiger partial charge on any atom is 0.306 e. The largest absolute Gasteiger partial charge is 0.481 e. The van der Waals surface area contributed by atoms with Crippen molar-refractivity contribution in [1.82, 2.24) is 20.3 Å².